The number of rotatable bonds is 3. The number of likely N-dealkylation sites (tertiary alicyclic amines) is 1. The van der Waals surface area contributed by atoms with Gasteiger partial charge in [-0.25, -0.2) is 0 Å². The molecule has 0 spiro atoms. The molecule has 2 atom stereocenters. The lowest BCUT2D eigenvalue weighted by atomic mass is 10.2. The van der Waals surface area contributed by atoms with Gasteiger partial charge in [0.2, 0.25) is 0 Å². The number of hydrogen-bond donors (Lipinski definition) is 0. The van der Waals surface area contributed by atoms with E-state index in [9.17, 15) is 0 Å². The van der Waals surface area contributed by atoms with E-state index in [0.717, 1.165) is 5.66 Å². The van der Waals surface area contributed by atoms with Crippen molar-refractivity contribution in [3.05, 3.63) is 36.1 Å². The Bertz CT molecular complexity index is 265. The standard InChI is InChI=1S/C12H20NP/c1-4-10(2)5-6-11(3)13-8-7-12(14)9-13/h4-6,12H,1,7-9,14H2,2-3H3/b10-5-,11-6+/t12-/m1/s1. The topological polar surface area (TPSA) is 3.24 Å². The summed E-state index contributed by atoms with van der Waals surface area (Å²) in [5, 5.41) is 0. The summed E-state index contributed by atoms with van der Waals surface area (Å²) in [7, 11) is 2.91. The molecule has 78 valence electrons. The van der Waals surface area contributed by atoms with E-state index >= 15 is 0 Å². The van der Waals surface area contributed by atoms with Crippen LogP contribution in [0.4, 0.5) is 0 Å². The molecular weight excluding hydrogens is 189 g/mol. The lowest BCUT2D eigenvalue weighted by Crippen LogP contribution is -2.18. The van der Waals surface area contributed by atoms with Crippen LogP contribution in [0.5, 0.6) is 0 Å². The third-order valence-corrected chi connectivity index (χ3v) is 3.18. The first kappa shape index (κ1) is 11.5. The van der Waals surface area contributed by atoms with Gasteiger partial charge in [0.05, 0.1) is 0 Å². The summed E-state index contributed by atoms with van der Waals surface area (Å²) in [6.07, 6.45) is 7.48. The molecule has 0 amide bonds. The quantitative estimate of drug-likeness (QED) is 0.510. The maximum absolute atomic E-state index is 3.73. The molecule has 1 aliphatic rings. The molecule has 0 radical (unpaired) electrons. The molecule has 1 aliphatic heterocycles. The van der Waals surface area contributed by atoms with Crippen molar-refractivity contribution in [2.45, 2.75) is 25.9 Å². The van der Waals surface area contributed by atoms with Gasteiger partial charge in [0.15, 0.2) is 0 Å². The summed E-state index contributed by atoms with van der Waals surface area (Å²) in [6, 6.07) is 0. The van der Waals surface area contributed by atoms with Gasteiger partial charge < -0.3 is 4.90 Å². The molecular formula is C12H20NP. The predicted octanol–water partition coefficient (Wildman–Crippen LogP) is 2.97. The summed E-state index contributed by atoms with van der Waals surface area (Å²) < 4.78 is 0. The Labute approximate surface area is 89.8 Å². The number of nitrogens with zero attached hydrogens (tertiary/aromatic N) is 1. The van der Waals surface area contributed by atoms with Crippen LogP contribution in [0.25, 0.3) is 0 Å². The summed E-state index contributed by atoms with van der Waals surface area (Å²) in [5.41, 5.74) is 3.34. The van der Waals surface area contributed by atoms with Gasteiger partial charge in [0.25, 0.3) is 0 Å². The summed E-state index contributed by atoms with van der Waals surface area (Å²) >= 11 is 0. The summed E-state index contributed by atoms with van der Waals surface area (Å²) in [6.45, 7) is 10.3. The molecule has 0 saturated carbocycles. The van der Waals surface area contributed by atoms with E-state index in [0.29, 0.717) is 0 Å². The first-order valence-corrected chi connectivity index (χ1v) is 5.78. The normalized spacial score (nSPS) is 24.2. The SMILES string of the molecule is C=C/C(C)=C\C=C(/C)N1CC[C@@H](P)C1. The van der Waals surface area contributed by atoms with Crippen LogP contribution in [0.1, 0.15) is 20.3 Å². The zero-order chi connectivity index (χ0) is 10.6. The van der Waals surface area contributed by atoms with Gasteiger partial charge in [-0.3, -0.25) is 0 Å². The van der Waals surface area contributed by atoms with Crippen LogP contribution >= 0.6 is 9.24 Å². The van der Waals surface area contributed by atoms with Gasteiger partial charge in [0, 0.05) is 18.8 Å². The highest BCUT2D eigenvalue weighted by Gasteiger charge is 2.17. The van der Waals surface area contributed by atoms with Gasteiger partial charge in [0.1, 0.15) is 0 Å². The number of hydrogen-bond acceptors (Lipinski definition) is 1. The van der Waals surface area contributed by atoms with Crippen molar-refractivity contribution < 1.29 is 0 Å². The summed E-state index contributed by atoms with van der Waals surface area (Å²) in [5.74, 6) is 0. The average molecular weight is 209 g/mol. The van der Waals surface area contributed by atoms with Crippen molar-refractivity contribution in [2.75, 3.05) is 13.1 Å². The molecule has 0 aromatic carbocycles. The Morgan fingerprint density at radius 3 is 2.64 bits per heavy atom. The highest BCUT2D eigenvalue weighted by molar-refractivity contribution is 7.17. The van der Waals surface area contributed by atoms with Crippen LogP contribution in [-0.4, -0.2) is 23.6 Å². The van der Waals surface area contributed by atoms with Crippen molar-refractivity contribution in [1.82, 2.24) is 4.90 Å². The van der Waals surface area contributed by atoms with Crippen molar-refractivity contribution in [1.29, 1.82) is 0 Å². The molecule has 0 bridgehead atoms. The molecule has 1 saturated heterocycles. The van der Waals surface area contributed by atoms with Crippen molar-refractivity contribution in [2.24, 2.45) is 0 Å². The molecule has 2 heteroatoms. The summed E-state index contributed by atoms with van der Waals surface area (Å²) in [4.78, 5) is 2.44. The molecule has 1 fully saturated rings. The molecule has 0 N–H and O–H groups in total. The molecule has 1 rings (SSSR count). The van der Waals surface area contributed by atoms with Crippen molar-refractivity contribution in [3.8, 4) is 0 Å². The second-order valence-electron chi connectivity index (χ2n) is 3.92. The Hall–Kier alpha value is -0.550. The lowest BCUT2D eigenvalue weighted by Gasteiger charge is -2.18. The molecule has 1 unspecified atom stereocenters. The number of allylic oxidation sites excluding steroid dienone is 5. The van der Waals surface area contributed by atoms with Gasteiger partial charge in [-0.05, 0) is 32.0 Å². The molecule has 0 aromatic heterocycles. The van der Waals surface area contributed by atoms with Crippen LogP contribution in [-0.2, 0) is 0 Å². The van der Waals surface area contributed by atoms with Crippen molar-refractivity contribution >= 4 is 9.24 Å². The first-order chi connectivity index (χ1) is 6.63. The van der Waals surface area contributed by atoms with E-state index in [1.807, 2.05) is 6.08 Å². The van der Waals surface area contributed by atoms with Gasteiger partial charge in [-0.1, -0.05) is 24.3 Å². The fourth-order valence-electron chi connectivity index (χ4n) is 1.53. The van der Waals surface area contributed by atoms with E-state index in [1.165, 1.54) is 30.8 Å². The van der Waals surface area contributed by atoms with Crippen molar-refractivity contribution in [3.63, 3.8) is 0 Å². The van der Waals surface area contributed by atoms with E-state index in [1.54, 1.807) is 0 Å². The highest BCUT2D eigenvalue weighted by atomic mass is 31.0. The zero-order valence-electron chi connectivity index (χ0n) is 9.16. The molecule has 0 aliphatic carbocycles. The smallest absolute Gasteiger partial charge is 0.0238 e. The fraction of sp³-hybridized carbons (Fsp3) is 0.500. The lowest BCUT2D eigenvalue weighted by molar-refractivity contribution is 0.429. The van der Waals surface area contributed by atoms with E-state index in [-0.39, 0.29) is 0 Å². The Balaban J connectivity index is 2.56. The Morgan fingerprint density at radius 2 is 2.14 bits per heavy atom. The third-order valence-electron chi connectivity index (χ3n) is 2.63. The van der Waals surface area contributed by atoms with Gasteiger partial charge >= 0.3 is 0 Å². The van der Waals surface area contributed by atoms with Crippen LogP contribution in [0.2, 0.25) is 0 Å². The van der Waals surface area contributed by atoms with E-state index < -0.39 is 0 Å². The minimum atomic E-state index is 0.767. The van der Waals surface area contributed by atoms with E-state index in [2.05, 4.69) is 46.7 Å². The highest BCUT2D eigenvalue weighted by Crippen LogP contribution is 2.20. The van der Waals surface area contributed by atoms with Crippen LogP contribution in [0, 0.1) is 0 Å². The van der Waals surface area contributed by atoms with E-state index in [4.69, 9.17) is 0 Å². The monoisotopic (exact) mass is 209 g/mol. The molecule has 1 heterocycles. The second-order valence-corrected chi connectivity index (χ2v) is 4.86. The molecule has 1 nitrogen and oxygen atoms in total. The second kappa shape index (κ2) is 5.36. The maximum atomic E-state index is 3.73. The fourth-order valence-corrected chi connectivity index (χ4v) is 1.94. The largest absolute Gasteiger partial charge is 0.374 e. The van der Waals surface area contributed by atoms with Crippen LogP contribution in [0.3, 0.4) is 0 Å². The predicted molar refractivity (Wildman–Crippen MR) is 67.4 cm³/mol. The zero-order valence-corrected chi connectivity index (χ0v) is 10.3. The van der Waals surface area contributed by atoms with Crippen LogP contribution in [0.15, 0.2) is 36.1 Å². The molecule has 14 heavy (non-hydrogen) atoms. The van der Waals surface area contributed by atoms with Gasteiger partial charge in [-0.15, -0.1) is 9.24 Å². The Morgan fingerprint density at radius 1 is 1.43 bits per heavy atom. The minimum Gasteiger partial charge on any atom is -0.374 e. The van der Waals surface area contributed by atoms with Gasteiger partial charge in [-0.2, -0.15) is 0 Å². The first-order valence-electron chi connectivity index (χ1n) is 5.11. The third kappa shape index (κ3) is 3.31. The van der Waals surface area contributed by atoms with Crippen LogP contribution < -0.4 is 0 Å². The maximum Gasteiger partial charge on any atom is 0.0238 e. The average Bonchev–Trinajstić information content (AvgIpc) is 2.60. The Kier molecular flexibility index (Phi) is 4.41. The molecule has 0 aromatic rings. The minimum absolute atomic E-state index is 0.767.